The molecule has 0 aliphatic heterocycles. The van der Waals surface area contributed by atoms with Gasteiger partial charge in [-0.3, -0.25) is 0 Å². The molecule has 0 aromatic heterocycles. The normalized spacial score (nSPS) is 9.86. The van der Waals surface area contributed by atoms with Gasteiger partial charge in [0.05, 0.1) is 13.2 Å². The van der Waals surface area contributed by atoms with Gasteiger partial charge in [0.2, 0.25) is 0 Å². The van der Waals surface area contributed by atoms with Crippen LogP contribution in [0.1, 0.15) is 5.56 Å². The Morgan fingerprint density at radius 1 is 1.43 bits per heavy atom. The molecule has 4 heteroatoms. The SMILES string of the molecule is COc1ccc(/C(C#N)=C\[O-])cc1.[Na+]. The van der Waals surface area contributed by atoms with E-state index in [-0.39, 0.29) is 35.1 Å². The maximum atomic E-state index is 10.4. The molecular formula is C10H8NNaO2. The van der Waals surface area contributed by atoms with E-state index in [0.717, 1.165) is 0 Å². The quantitative estimate of drug-likeness (QED) is 0.311. The van der Waals surface area contributed by atoms with Gasteiger partial charge in [0.25, 0.3) is 0 Å². The fraction of sp³-hybridized carbons (Fsp3) is 0.100. The van der Waals surface area contributed by atoms with Crippen LogP contribution in [-0.4, -0.2) is 7.11 Å². The first-order chi connectivity index (χ1) is 6.31. The van der Waals surface area contributed by atoms with Crippen molar-refractivity contribution in [2.45, 2.75) is 0 Å². The minimum absolute atomic E-state index is 0. The monoisotopic (exact) mass is 197 g/mol. The third-order valence-corrected chi connectivity index (χ3v) is 1.64. The van der Waals surface area contributed by atoms with E-state index in [4.69, 9.17) is 10.00 Å². The summed E-state index contributed by atoms with van der Waals surface area (Å²) < 4.78 is 4.94. The second-order valence-electron chi connectivity index (χ2n) is 2.37. The number of nitrogens with zero attached hydrogens (tertiary/aromatic N) is 1. The first-order valence-corrected chi connectivity index (χ1v) is 3.68. The van der Waals surface area contributed by atoms with Gasteiger partial charge in [-0.1, -0.05) is 12.1 Å². The summed E-state index contributed by atoms with van der Waals surface area (Å²) in [5, 5.41) is 19.0. The molecule has 0 amide bonds. The Balaban J connectivity index is 0.00000169. The second kappa shape index (κ2) is 6.50. The van der Waals surface area contributed by atoms with E-state index in [1.165, 1.54) is 0 Å². The molecule has 66 valence electrons. The van der Waals surface area contributed by atoms with Crippen molar-refractivity contribution in [1.82, 2.24) is 0 Å². The third-order valence-electron chi connectivity index (χ3n) is 1.64. The average Bonchev–Trinajstić information content (AvgIpc) is 2.21. The van der Waals surface area contributed by atoms with Gasteiger partial charge < -0.3 is 9.84 Å². The number of ether oxygens (including phenoxy) is 1. The van der Waals surface area contributed by atoms with Crippen LogP contribution in [0.4, 0.5) is 0 Å². The van der Waals surface area contributed by atoms with Crippen LogP contribution >= 0.6 is 0 Å². The van der Waals surface area contributed by atoms with Gasteiger partial charge in [-0.2, -0.15) is 5.26 Å². The molecule has 0 aliphatic rings. The number of allylic oxidation sites excluding steroid dienone is 1. The summed E-state index contributed by atoms with van der Waals surface area (Å²) in [5.74, 6) is 0.701. The van der Waals surface area contributed by atoms with Crippen LogP contribution in [0.2, 0.25) is 0 Å². The van der Waals surface area contributed by atoms with Crippen molar-refractivity contribution in [2.24, 2.45) is 0 Å². The smallest absolute Gasteiger partial charge is 0.877 e. The van der Waals surface area contributed by atoms with Crippen molar-refractivity contribution >= 4 is 5.57 Å². The van der Waals surface area contributed by atoms with E-state index in [1.54, 1.807) is 31.4 Å². The van der Waals surface area contributed by atoms with Crippen LogP contribution in [0.3, 0.4) is 0 Å². The molecule has 1 aromatic carbocycles. The Hall–Kier alpha value is -0.950. The molecule has 0 aliphatic carbocycles. The predicted molar refractivity (Wildman–Crippen MR) is 46.6 cm³/mol. The van der Waals surface area contributed by atoms with Gasteiger partial charge in [-0.15, -0.1) is 6.26 Å². The Morgan fingerprint density at radius 3 is 2.36 bits per heavy atom. The molecule has 0 fully saturated rings. The van der Waals surface area contributed by atoms with Crippen molar-refractivity contribution in [3.8, 4) is 11.8 Å². The van der Waals surface area contributed by atoms with E-state index in [1.807, 2.05) is 6.07 Å². The van der Waals surface area contributed by atoms with Gasteiger partial charge in [-0.05, 0) is 17.7 Å². The maximum Gasteiger partial charge on any atom is 1.00 e. The zero-order valence-corrected chi connectivity index (χ0v) is 10.2. The van der Waals surface area contributed by atoms with Crippen molar-refractivity contribution < 1.29 is 39.4 Å². The van der Waals surface area contributed by atoms with Crippen LogP contribution in [0.15, 0.2) is 30.5 Å². The zero-order chi connectivity index (χ0) is 9.68. The summed E-state index contributed by atoms with van der Waals surface area (Å²) in [6.07, 6.45) is 0.543. The summed E-state index contributed by atoms with van der Waals surface area (Å²) >= 11 is 0. The first-order valence-electron chi connectivity index (χ1n) is 3.68. The molecule has 0 bridgehead atoms. The largest absolute Gasteiger partial charge is 1.00 e. The van der Waals surface area contributed by atoms with Crippen LogP contribution in [0, 0.1) is 11.3 Å². The molecule has 3 nitrogen and oxygen atoms in total. The topological polar surface area (TPSA) is 56.1 Å². The molecule has 0 spiro atoms. The van der Waals surface area contributed by atoms with Crippen molar-refractivity contribution in [2.75, 3.05) is 7.11 Å². The predicted octanol–water partition coefficient (Wildman–Crippen LogP) is -2.08. The van der Waals surface area contributed by atoms with E-state index in [2.05, 4.69) is 0 Å². The number of nitriles is 1. The van der Waals surface area contributed by atoms with Gasteiger partial charge in [0.1, 0.15) is 5.75 Å². The van der Waals surface area contributed by atoms with E-state index >= 15 is 0 Å². The fourth-order valence-corrected chi connectivity index (χ4v) is 0.930. The number of methoxy groups -OCH3 is 1. The van der Waals surface area contributed by atoms with Crippen LogP contribution < -0.4 is 39.4 Å². The Labute approximate surface area is 105 Å². The summed E-state index contributed by atoms with van der Waals surface area (Å²) in [6, 6.07) is 8.57. The molecule has 0 saturated carbocycles. The molecule has 0 unspecified atom stereocenters. The Kier molecular flexibility index (Phi) is 6.06. The zero-order valence-electron chi connectivity index (χ0n) is 8.15. The van der Waals surface area contributed by atoms with Crippen molar-refractivity contribution in [3.05, 3.63) is 36.1 Å². The van der Waals surface area contributed by atoms with E-state index in [0.29, 0.717) is 17.6 Å². The molecular weight excluding hydrogens is 189 g/mol. The van der Waals surface area contributed by atoms with Gasteiger partial charge in [0.15, 0.2) is 0 Å². The Morgan fingerprint density at radius 2 is 2.00 bits per heavy atom. The third kappa shape index (κ3) is 3.08. The molecule has 0 heterocycles. The minimum Gasteiger partial charge on any atom is -0.877 e. The first kappa shape index (κ1) is 13.1. The number of benzene rings is 1. The molecule has 0 atom stereocenters. The van der Waals surface area contributed by atoms with Crippen LogP contribution in [-0.2, 0) is 0 Å². The van der Waals surface area contributed by atoms with Crippen molar-refractivity contribution in [3.63, 3.8) is 0 Å². The molecule has 14 heavy (non-hydrogen) atoms. The summed E-state index contributed by atoms with van der Waals surface area (Å²) in [6.45, 7) is 0. The summed E-state index contributed by atoms with van der Waals surface area (Å²) in [7, 11) is 1.56. The molecule has 0 N–H and O–H groups in total. The van der Waals surface area contributed by atoms with Crippen LogP contribution in [0.5, 0.6) is 5.75 Å². The van der Waals surface area contributed by atoms with Gasteiger partial charge >= 0.3 is 29.6 Å². The molecule has 0 saturated heterocycles. The molecule has 1 aromatic rings. The average molecular weight is 197 g/mol. The van der Waals surface area contributed by atoms with Gasteiger partial charge in [0, 0.05) is 5.57 Å². The maximum absolute atomic E-state index is 10.4. The molecule has 0 radical (unpaired) electrons. The number of rotatable bonds is 2. The number of hydrogen-bond donors (Lipinski definition) is 0. The molecule has 1 rings (SSSR count). The van der Waals surface area contributed by atoms with E-state index < -0.39 is 0 Å². The fourth-order valence-electron chi connectivity index (χ4n) is 0.930. The standard InChI is InChI=1S/C10H9NO2.Na/c1-13-10-4-2-8(3-5-10)9(6-11)7-12;/h2-5,7,12H,1H3;/q;+1/p-1/b9-7-;. The second-order valence-corrected chi connectivity index (χ2v) is 2.37. The van der Waals surface area contributed by atoms with Crippen molar-refractivity contribution in [1.29, 1.82) is 5.26 Å². The van der Waals surface area contributed by atoms with E-state index in [9.17, 15) is 5.11 Å². The number of hydrogen-bond acceptors (Lipinski definition) is 3. The Bertz CT molecular complexity index is 351. The summed E-state index contributed by atoms with van der Waals surface area (Å²) in [4.78, 5) is 0. The van der Waals surface area contributed by atoms with Gasteiger partial charge in [-0.25, -0.2) is 0 Å². The minimum atomic E-state index is 0. The van der Waals surface area contributed by atoms with Crippen LogP contribution in [0.25, 0.3) is 5.57 Å². The summed E-state index contributed by atoms with van der Waals surface area (Å²) in [5.41, 5.74) is 0.737.